The van der Waals surface area contributed by atoms with Crippen LogP contribution in [0.5, 0.6) is 0 Å². The van der Waals surface area contributed by atoms with E-state index in [1.54, 1.807) is 0 Å². The molecule has 9 heteroatoms. The fourth-order valence-corrected chi connectivity index (χ4v) is 0.752. The van der Waals surface area contributed by atoms with Gasteiger partial charge in [0.05, 0.1) is 18.7 Å². The predicted molar refractivity (Wildman–Crippen MR) is 40.1 cm³/mol. The molecule has 0 bridgehead atoms. The maximum Gasteiger partial charge on any atom is 0.423 e. The van der Waals surface area contributed by atoms with Gasteiger partial charge in [-0.15, -0.1) is 0 Å². The Bertz CT molecular complexity index is 241. The average molecular weight is 250 g/mol. The normalized spacial score (nSPS) is 14.9. The monoisotopic (exact) mass is 250 g/mol. The fraction of sp³-hybridized carbons (Fsp3) is 0.857. The highest BCUT2D eigenvalue weighted by molar-refractivity contribution is 4.86. The molecule has 0 rings (SSSR count). The lowest BCUT2D eigenvalue weighted by Crippen LogP contribution is -2.44. The Morgan fingerprint density at radius 1 is 1.12 bits per heavy atom. The summed E-state index contributed by atoms with van der Waals surface area (Å²) >= 11 is 0. The minimum atomic E-state index is -5.53. The number of hydrogen-bond acceptors (Lipinski definition) is 3. The molecule has 1 atom stereocenters. The van der Waals surface area contributed by atoms with Gasteiger partial charge in [0.1, 0.15) is 0 Å². The molecule has 0 radical (unpaired) electrons. The highest BCUT2D eigenvalue weighted by atomic mass is 19.4. The van der Waals surface area contributed by atoms with Gasteiger partial charge in [0.2, 0.25) is 6.10 Å². The van der Waals surface area contributed by atoms with Crippen LogP contribution in [0.1, 0.15) is 6.42 Å². The van der Waals surface area contributed by atoms with E-state index in [2.05, 4.69) is 4.74 Å². The predicted octanol–water partition coefficient (Wildman–Crippen LogP) is 1.74. The third-order valence-electron chi connectivity index (χ3n) is 1.47. The Labute approximate surface area is 86.8 Å². The molecule has 94 valence electrons. The SMILES string of the molecule is N#CC(N)CCOC(C(F)(F)F)C(F)(F)F. The zero-order chi connectivity index (χ0) is 13.0. The molecule has 1 unspecified atom stereocenters. The molecule has 0 aromatic carbocycles. The molecule has 0 aromatic rings. The van der Waals surface area contributed by atoms with Crippen molar-refractivity contribution in [1.82, 2.24) is 0 Å². The van der Waals surface area contributed by atoms with Crippen molar-refractivity contribution in [2.24, 2.45) is 5.73 Å². The first-order chi connectivity index (χ1) is 7.09. The van der Waals surface area contributed by atoms with Crippen LogP contribution < -0.4 is 5.73 Å². The van der Waals surface area contributed by atoms with Crippen LogP contribution in [0, 0.1) is 11.3 Å². The summed E-state index contributed by atoms with van der Waals surface area (Å²) in [7, 11) is 0. The largest absolute Gasteiger partial charge is 0.423 e. The minimum absolute atomic E-state index is 0.404. The quantitative estimate of drug-likeness (QED) is 0.773. The highest BCUT2D eigenvalue weighted by Gasteiger charge is 2.57. The first kappa shape index (κ1) is 15.0. The van der Waals surface area contributed by atoms with Crippen LogP contribution in [-0.2, 0) is 4.74 Å². The van der Waals surface area contributed by atoms with Gasteiger partial charge in [-0.05, 0) is 6.42 Å². The number of rotatable bonds is 4. The highest BCUT2D eigenvalue weighted by Crippen LogP contribution is 2.35. The van der Waals surface area contributed by atoms with Gasteiger partial charge < -0.3 is 10.5 Å². The Morgan fingerprint density at radius 3 is 1.88 bits per heavy atom. The molecule has 0 aromatic heterocycles. The zero-order valence-corrected chi connectivity index (χ0v) is 7.77. The van der Waals surface area contributed by atoms with Gasteiger partial charge in [0.15, 0.2) is 0 Å². The summed E-state index contributed by atoms with van der Waals surface area (Å²) < 4.78 is 74.9. The van der Waals surface area contributed by atoms with E-state index < -0.39 is 37.5 Å². The van der Waals surface area contributed by atoms with E-state index in [-0.39, 0.29) is 0 Å². The van der Waals surface area contributed by atoms with E-state index in [9.17, 15) is 26.3 Å². The maximum absolute atomic E-state index is 11.9. The number of hydrogen-bond donors (Lipinski definition) is 1. The molecule has 0 fully saturated rings. The molecule has 3 nitrogen and oxygen atoms in total. The van der Waals surface area contributed by atoms with E-state index in [1.807, 2.05) is 0 Å². The summed E-state index contributed by atoms with van der Waals surface area (Å²) in [5.41, 5.74) is 4.97. The van der Waals surface area contributed by atoms with Gasteiger partial charge in [-0.3, -0.25) is 0 Å². The first-order valence-electron chi connectivity index (χ1n) is 3.99. The number of halogens is 6. The summed E-state index contributed by atoms with van der Waals surface area (Å²) in [6.07, 6.45) is -15.3. The molecule has 0 amide bonds. The summed E-state index contributed by atoms with van der Waals surface area (Å²) in [4.78, 5) is 0. The van der Waals surface area contributed by atoms with E-state index in [0.29, 0.717) is 0 Å². The third kappa shape index (κ3) is 5.18. The van der Waals surface area contributed by atoms with Gasteiger partial charge in [-0.2, -0.15) is 31.6 Å². The maximum atomic E-state index is 11.9. The summed E-state index contributed by atoms with van der Waals surface area (Å²) in [5, 5.41) is 8.14. The van der Waals surface area contributed by atoms with Crippen LogP contribution >= 0.6 is 0 Å². The van der Waals surface area contributed by atoms with E-state index >= 15 is 0 Å². The standard InChI is InChI=1S/C7H8F6N2O/c8-6(9,10)5(7(11,12)13)16-2-1-4(15)3-14/h4-5H,1-2,15H2. The van der Waals surface area contributed by atoms with E-state index in [0.717, 1.165) is 0 Å². The van der Waals surface area contributed by atoms with Crippen molar-refractivity contribution >= 4 is 0 Å². The fourth-order valence-electron chi connectivity index (χ4n) is 0.752. The van der Waals surface area contributed by atoms with Crippen molar-refractivity contribution < 1.29 is 31.1 Å². The van der Waals surface area contributed by atoms with Crippen molar-refractivity contribution in [3.05, 3.63) is 0 Å². The molecule has 0 aliphatic rings. The minimum Gasteiger partial charge on any atom is -0.361 e. The molecule has 0 heterocycles. The third-order valence-corrected chi connectivity index (χ3v) is 1.47. The van der Waals surface area contributed by atoms with Crippen LogP contribution in [0.15, 0.2) is 0 Å². The molecule has 0 saturated heterocycles. The second-order valence-corrected chi connectivity index (χ2v) is 2.86. The number of alkyl halides is 6. The second-order valence-electron chi connectivity index (χ2n) is 2.86. The van der Waals surface area contributed by atoms with E-state index in [4.69, 9.17) is 11.0 Å². The average Bonchev–Trinajstić information content (AvgIpc) is 2.07. The van der Waals surface area contributed by atoms with Gasteiger partial charge in [0, 0.05) is 0 Å². The Kier molecular flexibility index (Phi) is 5.02. The molecule has 16 heavy (non-hydrogen) atoms. The van der Waals surface area contributed by atoms with Crippen LogP contribution in [0.3, 0.4) is 0 Å². The summed E-state index contributed by atoms with van der Waals surface area (Å²) in [6, 6.07) is 0.301. The van der Waals surface area contributed by atoms with Crippen molar-refractivity contribution in [1.29, 1.82) is 5.26 Å². The molecule has 0 spiro atoms. The smallest absolute Gasteiger partial charge is 0.361 e. The van der Waals surface area contributed by atoms with Crippen LogP contribution in [0.4, 0.5) is 26.3 Å². The number of nitrogens with zero attached hydrogens (tertiary/aromatic N) is 1. The number of nitrogens with two attached hydrogens (primary N) is 1. The van der Waals surface area contributed by atoms with Crippen LogP contribution in [-0.4, -0.2) is 31.1 Å². The second kappa shape index (κ2) is 5.36. The van der Waals surface area contributed by atoms with Crippen molar-refractivity contribution in [3.8, 4) is 6.07 Å². The topological polar surface area (TPSA) is 59.0 Å². The van der Waals surface area contributed by atoms with E-state index in [1.165, 1.54) is 6.07 Å². The van der Waals surface area contributed by atoms with Crippen LogP contribution in [0.2, 0.25) is 0 Å². The molecule has 2 N–H and O–H groups in total. The molecule has 0 aliphatic carbocycles. The lowest BCUT2D eigenvalue weighted by molar-refractivity contribution is -0.321. The molecule has 0 saturated carbocycles. The van der Waals surface area contributed by atoms with Gasteiger partial charge >= 0.3 is 12.4 Å². The molecular formula is C7H8F6N2O. The number of nitriles is 1. The number of ether oxygens (including phenoxy) is 1. The Balaban J connectivity index is 4.33. The lowest BCUT2D eigenvalue weighted by Gasteiger charge is -2.23. The first-order valence-corrected chi connectivity index (χ1v) is 3.99. The van der Waals surface area contributed by atoms with Gasteiger partial charge in [0.25, 0.3) is 0 Å². The Morgan fingerprint density at radius 2 is 1.56 bits per heavy atom. The zero-order valence-electron chi connectivity index (χ0n) is 7.77. The van der Waals surface area contributed by atoms with Crippen molar-refractivity contribution in [2.45, 2.75) is 30.9 Å². The van der Waals surface area contributed by atoms with Crippen LogP contribution in [0.25, 0.3) is 0 Å². The van der Waals surface area contributed by atoms with Crippen molar-refractivity contribution in [2.75, 3.05) is 6.61 Å². The van der Waals surface area contributed by atoms with Gasteiger partial charge in [-0.25, -0.2) is 0 Å². The summed E-state index contributed by atoms with van der Waals surface area (Å²) in [6.45, 7) is -0.890. The van der Waals surface area contributed by atoms with Crippen molar-refractivity contribution in [3.63, 3.8) is 0 Å². The summed E-state index contributed by atoms with van der Waals surface area (Å²) in [5.74, 6) is 0. The molecular weight excluding hydrogens is 242 g/mol. The van der Waals surface area contributed by atoms with Gasteiger partial charge in [-0.1, -0.05) is 0 Å². The Hall–Kier alpha value is -1.01. The molecule has 0 aliphatic heterocycles. The lowest BCUT2D eigenvalue weighted by atomic mass is 10.2.